The second-order valence-electron chi connectivity index (χ2n) is 2.29. The molecule has 0 fully saturated rings. The molecule has 76 valence electrons. The van der Waals surface area contributed by atoms with Gasteiger partial charge in [0, 0.05) is 6.20 Å². The van der Waals surface area contributed by atoms with Crippen LogP contribution in [0.3, 0.4) is 0 Å². The van der Waals surface area contributed by atoms with Crippen molar-refractivity contribution >= 4 is 40.2 Å². The molecule has 0 unspecified atom stereocenters. The molecule has 14 heavy (non-hydrogen) atoms. The summed E-state index contributed by atoms with van der Waals surface area (Å²) in [7, 11) is 0. The van der Waals surface area contributed by atoms with Gasteiger partial charge >= 0.3 is 5.97 Å². The van der Waals surface area contributed by atoms with Crippen molar-refractivity contribution in [1.29, 1.82) is 0 Å². The lowest BCUT2D eigenvalue weighted by Crippen LogP contribution is -2.07. The highest BCUT2D eigenvalue weighted by molar-refractivity contribution is 14.1. The molecule has 0 spiro atoms. The van der Waals surface area contributed by atoms with Gasteiger partial charge in [-0.3, -0.25) is 0 Å². The number of hydrogen-bond acceptors (Lipinski definition) is 2. The Hall–Kier alpha value is -0.500. The molecule has 3 nitrogen and oxygen atoms in total. The van der Waals surface area contributed by atoms with Gasteiger partial charge in [0.15, 0.2) is 5.69 Å². The molecule has 0 aliphatic rings. The van der Waals surface area contributed by atoms with E-state index in [-0.39, 0.29) is 5.02 Å². The summed E-state index contributed by atoms with van der Waals surface area (Å²) < 4.78 is 25.2. The summed E-state index contributed by atoms with van der Waals surface area (Å²) >= 11 is 7.25. The number of halogens is 4. The number of rotatable bonds is 2. The quantitative estimate of drug-likeness (QED) is 0.847. The standard InChI is InChI=1S/C7H3ClF2INO2/c8-4-2(11)1-12-5(7(13)14)3(4)6(9)10/h1,6H,(H,13,14). The highest BCUT2D eigenvalue weighted by Gasteiger charge is 2.24. The SMILES string of the molecule is O=C(O)c1ncc(I)c(Cl)c1C(F)F. The van der Waals surface area contributed by atoms with E-state index < -0.39 is 23.7 Å². The third-order valence-electron chi connectivity index (χ3n) is 1.43. The van der Waals surface area contributed by atoms with Crippen molar-refractivity contribution in [3.8, 4) is 0 Å². The molecule has 1 N–H and O–H groups in total. The van der Waals surface area contributed by atoms with Gasteiger partial charge in [-0.1, -0.05) is 11.6 Å². The first-order chi connectivity index (χ1) is 6.45. The molecule has 0 amide bonds. The fourth-order valence-electron chi connectivity index (χ4n) is 0.850. The molecule has 0 aliphatic heterocycles. The van der Waals surface area contributed by atoms with Gasteiger partial charge in [-0.05, 0) is 22.6 Å². The van der Waals surface area contributed by atoms with Crippen molar-refractivity contribution < 1.29 is 18.7 Å². The van der Waals surface area contributed by atoms with Gasteiger partial charge < -0.3 is 5.11 Å². The van der Waals surface area contributed by atoms with Gasteiger partial charge in [-0.15, -0.1) is 0 Å². The average molecular weight is 333 g/mol. The van der Waals surface area contributed by atoms with Crippen molar-refractivity contribution in [3.63, 3.8) is 0 Å². The van der Waals surface area contributed by atoms with Crippen LogP contribution >= 0.6 is 34.2 Å². The van der Waals surface area contributed by atoms with Crippen LogP contribution in [0, 0.1) is 3.57 Å². The topological polar surface area (TPSA) is 50.2 Å². The van der Waals surface area contributed by atoms with Crippen molar-refractivity contribution in [3.05, 3.63) is 26.0 Å². The van der Waals surface area contributed by atoms with Gasteiger partial charge in [-0.2, -0.15) is 0 Å². The molecule has 1 aromatic rings. The summed E-state index contributed by atoms with van der Waals surface area (Å²) in [6, 6.07) is 0. The second-order valence-corrected chi connectivity index (χ2v) is 3.83. The second kappa shape index (κ2) is 4.35. The van der Waals surface area contributed by atoms with E-state index in [9.17, 15) is 13.6 Å². The normalized spacial score (nSPS) is 10.6. The van der Waals surface area contributed by atoms with Gasteiger partial charge in [0.2, 0.25) is 0 Å². The zero-order valence-electron chi connectivity index (χ0n) is 6.47. The number of carboxylic acids is 1. The Morgan fingerprint density at radius 2 is 2.21 bits per heavy atom. The van der Waals surface area contributed by atoms with E-state index in [1.807, 2.05) is 0 Å². The molecule has 7 heteroatoms. The molecule has 0 saturated heterocycles. The molecule has 0 bridgehead atoms. The van der Waals surface area contributed by atoms with Gasteiger partial charge in [0.1, 0.15) is 0 Å². The van der Waals surface area contributed by atoms with E-state index in [2.05, 4.69) is 4.98 Å². The first kappa shape index (κ1) is 11.6. The predicted octanol–water partition coefficient (Wildman–Crippen LogP) is 2.98. The molecule has 0 atom stereocenters. The molecule has 0 aliphatic carbocycles. The van der Waals surface area contributed by atoms with Crippen LogP contribution in [0.15, 0.2) is 6.20 Å². The molecule has 0 aromatic carbocycles. The number of hydrogen-bond donors (Lipinski definition) is 1. The Morgan fingerprint density at radius 3 is 2.64 bits per heavy atom. The van der Waals surface area contributed by atoms with Crippen LogP contribution in [0.5, 0.6) is 0 Å². The number of alkyl halides is 2. The third kappa shape index (κ3) is 2.11. The largest absolute Gasteiger partial charge is 0.476 e. The van der Waals surface area contributed by atoms with Crippen molar-refractivity contribution in [2.75, 3.05) is 0 Å². The van der Waals surface area contributed by atoms with Gasteiger partial charge in [0.25, 0.3) is 6.43 Å². The smallest absolute Gasteiger partial charge is 0.355 e. The zero-order chi connectivity index (χ0) is 10.9. The Kier molecular flexibility index (Phi) is 3.59. The van der Waals surface area contributed by atoms with Gasteiger partial charge in [-0.25, -0.2) is 18.6 Å². The predicted molar refractivity (Wildman–Crippen MR) is 53.9 cm³/mol. The van der Waals surface area contributed by atoms with Crippen LogP contribution in [-0.2, 0) is 0 Å². The molecule has 0 saturated carbocycles. The Balaban J connectivity index is 3.45. The van der Waals surface area contributed by atoms with Crippen molar-refractivity contribution in [2.24, 2.45) is 0 Å². The number of carbonyl (C=O) groups is 1. The fraction of sp³-hybridized carbons (Fsp3) is 0.143. The van der Waals surface area contributed by atoms with Crippen LogP contribution in [0.2, 0.25) is 5.02 Å². The maximum Gasteiger partial charge on any atom is 0.355 e. The lowest BCUT2D eigenvalue weighted by Gasteiger charge is -2.07. The number of pyridine rings is 1. The summed E-state index contributed by atoms with van der Waals surface area (Å²) in [5.74, 6) is -1.52. The Morgan fingerprint density at radius 1 is 1.64 bits per heavy atom. The third-order valence-corrected chi connectivity index (χ3v) is 2.97. The van der Waals surface area contributed by atoms with Crippen LogP contribution in [-0.4, -0.2) is 16.1 Å². The molecule has 1 rings (SSSR count). The number of nitrogens with zero attached hydrogens (tertiary/aromatic N) is 1. The first-order valence-electron chi connectivity index (χ1n) is 3.30. The minimum Gasteiger partial charge on any atom is -0.476 e. The van der Waals surface area contributed by atoms with E-state index in [0.29, 0.717) is 3.57 Å². The van der Waals surface area contributed by atoms with E-state index in [0.717, 1.165) is 6.20 Å². The fourth-order valence-corrected chi connectivity index (χ4v) is 1.50. The highest BCUT2D eigenvalue weighted by Crippen LogP contribution is 2.32. The van der Waals surface area contributed by atoms with Crippen molar-refractivity contribution in [1.82, 2.24) is 4.98 Å². The summed E-state index contributed by atoms with van der Waals surface area (Å²) in [6.07, 6.45) is -1.81. The lowest BCUT2D eigenvalue weighted by molar-refractivity contribution is 0.0677. The van der Waals surface area contributed by atoms with E-state index in [4.69, 9.17) is 16.7 Å². The van der Waals surface area contributed by atoms with Gasteiger partial charge in [0.05, 0.1) is 14.2 Å². The van der Waals surface area contributed by atoms with Crippen LogP contribution in [0.25, 0.3) is 0 Å². The molecular formula is C7H3ClF2INO2. The van der Waals surface area contributed by atoms with Crippen LogP contribution < -0.4 is 0 Å². The molecular weight excluding hydrogens is 330 g/mol. The average Bonchev–Trinajstić information content (AvgIpc) is 2.08. The Labute approximate surface area is 96.2 Å². The minimum absolute atomic E-state index is 0.256. The van der Waals surface area contributed by atoms with Crippen LogP contribution in [0.1, 0.15) is 22.5 Å². The summed E-state index contributed by atoms with van der Waals surface area (Å²) in [5, 5.41) is 8.32. The molecule has 0 radical (unpaired) electrons. The van der Waals surface area contributed by atoms with E-state index in [1.165, 1.54) is 0 Å². The summed E-state index contributed by atoms with van der Waals surface area (Å²) in [4.78, 5) is 13.9. The Bertz CT molecular complexity index is 386. The van der Waals surface area contributed by atoms with Crippen LogP contribution in [0.4, 0.5) is 8.78 Å². The first-order valence-corrected chi connectivity index (χ1v) is 4.76. The highest BCUT2D eigenvalue weighted by atomic mass is 127. The van der Waals surface area contributed by atoms with E-state index in [1.54, 1.807) is 22.6 Å². The van der Waals surface area contributed by atoms with Crippen molar-refractivity contribution in [2.45, 2.75) is 6.43 Å². The number of aromatic nitrogens is 1. The molecule has 1 aromatic heterocycles. The maximum absolute atomic E-state index is 12.4. The maximum atomic E-state index is 12.4. The summed E-state index contributed by atoms with van der Waals surface area (Å²) in [5.41, 5.74) is -1.43. The minimum atomic E-state index is -2.95. The number of aromatic carboxylic acids is 1. The number of carboxylic acid groups (broad SMARTS) is 1. The molecule has 1 heterocycles. The summed E-state index contributed by atoms with van der Waals surface area (Å²) in [6.45, 7) is 0. The monoisotopic (exact) mass is 333 g/mol. The van der Waals surface area contributed by atoms with E-state index >= 15 is 0 Å². The zero-order valence-corrected chi connectivity index (χ0v) is 9.38. The lowest BCUT2D eigenvalue weighted by atomic mass is 10.2.